The van der Waals surface area contributed by atoms with Crippen LogP contribution in [-0.4, -0.2) is 36.4 Å². The molecule has 0 aliphatic heterocycles. The molecule has 0 bridgehead atoms. The summed E-state index contributed by atoms with van der Waals surface area (Å²) in [5.41, 5.74) is 0.525. The molecule has 0 saturated heterocycles. The molecule has 2 N–H and O–H groups in total. The zero-order chi connectivity index (χ0) is 15.2. The van der Waals surface area contributed by atoms with Crippen LogP contribution in [0.15, 0.2) is 42.5 Å². The lowest BCUT2D eigenvalue weighted by atomic mass is 10.1. The Morgan fingerprint density at radius 2 is 1.90 bits per heavy atom. The molecule has 2 rings (SSSR count). The van der Waals surface area contributed by atoms with Crippen molar-refractivity contribution in [1.82, 2.24) is 5.32 Å². The van der Waals surface area contributed by atoms with Gasteiger partial charge >= 0.3 is 5.97 Å². The fourth-order valence-electron chi connectivity index (χ4n) is 2.08. The lowest BCUT2D eigenvalue weighted by Gasteiger charge is -2.14. The predicted octanol–water partition coefficient (Wildman–Crippen LogP) is 2.36. The molecule has 0 aromatic heterocycles. The maximum atomic E-state index is 12.1. The number of benzene rings is 2. The molecule has 0 heterocycles. The zero-order valence-electron chi connectivity index (χ0n) is 12.4. The Morgan fingerprint density at radius 1 is 1.19 bits per heavy atom. The highest BCUT2D eigenvalue weighted by atomic mass is 16.5. The van der Waals surface area contributed by atoms with Crippen LogP contribution in [-0.2, 0) is 4.74 Å². The van der Waals surface area contributed by atoms with Crippen molar-refractivity contribution in [3.63, 3.8) is 0 Å². The molecule has 112 valence electrons. The van der Waals surface area contributed by atoms with E-state index in [1.807, 2.05) is 50.2 Å². The second-order valence-corrected chi connectivity index (χ2v) is 5.34. The summed E-state index contributed by atoms with van der Waals surface area (Å²) >= 11 is 0. The van der Waals surface area contributed by atoms with Gasteiger partial charge in [-0.15, -0.1) is 0 Å². The van der Waals surface area contributed by atoms with Gasteiger partial charge in [-0.3, -0.25) is 0 Å². The van der Waals surface area contributed by atoms with E-state index < -0.39 is 12.1 Å². The summed E-state index contributed by atoms with van der Waals surface area (Å²) in [5.74, 6) is -0.407. The highest BCUT2D eigenvalue weighted by molar-refractivity contribution is 6.04. The van der Waals surface area contributed by atoms with Crippen molar-refractivity contribution in [1.29, 1.82) is 0 Å². The van der Waals surface area contributed by atoms with Crippen LogP contribution in [0, 0.1) is 0 Å². The van der Waals surface area contributed by atoms with Crippen molar-refractivity contribution in [2.75, 3.05) is 13.2 Å². The van der Waals surface area contributed by atoms with Gasteiger partial charge in [0.1, 0.15) is 12.7 Å². The number of aliphatic hydroxyl groups is 1. The first-order chi connectivity index (χ1) is 10.1. The molecular formula is C17H21NO3. The van der Waals surface area contributed by atoms with E-state index in [0.717, 1.165) is 10.8 Å². The van der Waals surface area contributed by atoms with Gasteiger partial charge in [0.2, 0.25) is 0 Å². The van der Waals surface area contributed by atoms with Crippen LogP contribution in [0.3, 0.4) is 0 Å². The van der Waals surface area contributed by atoms with E-state index in [1.54, 1.807) is 6.07 Å². The van der Waals surface area contributed by atoms with Gasteiger partial charge in [-0.05, 0) is 16.8 Å². The Kier molecular flexibility index (Phi) is 5.31. The van der Waals surface area contributed by atoms with E-state index >= 15 is 0 Å². The predicted molar refractivity (Wildman–Crippen MR) is 83.4 cm³/mol. The van der Waals surface area contributed by atoms with Crippen LogP contribution in [0.1, 0.15) is 24.2 Å². The summed E-state index contributed by atoms with van der Waals surface area (Å²) < 4.78 is 5.20. The van der Waals surface area contributed by atoms with Crippen molar-refractivity contribution in [3.05, 3.63) is 48.0 Å². The second kappa shape index (κ2) is 7.20. The first kappa shape index (κ1) is 15.5. The quantitative estimate of drug-likeness (QED) is 0.801. The molecule has 0 spiro atoms. The summed E-state index contributed by atoms with van der Waals surface area (Å²) in [6.07, 6.45) is -0.702. The van der Waals surface area contributed by atoms with Crippen LogP contribution < -0.4 is 5.32 Å². The van der Waals surface area contributed by atoms with Gasteiger partial charge < -0.3 is 15.2 Å². The normalized spacial score (nSPS) is 12.6. The summed E-state index contributed by atoms with van der Waals surface area (Å²) in [7, 11) is 0. The second-order valence-electron chi connectivity index (χ2n) is 5.34. The summed E-state index contributed by atoms with van der Waals surface area (Å²) in [4.78, 5) is 12.1. The molecule has 0 radical (unpaired) electrons. The molecule has 1 unspecified atom stereocenters. The number of ether oxygens (including phenoxy) is 1. The first-order valence-corrected chi connectivity index (χ1v) is 7.14. The molecular weight excluding hydrogens is 266 g/mol. The average molecular weight is 287 g/mol. The fraction of sp³-hybridized carbons (Fsp3) is 0.353. The van der Waals surface area contributed by atoms with Gasteiger partial charge in [0, 0.05) is 12.6 Å². The third kappa shape index (κ3) is 4.28. The number of carbonyl (C=O) groups excluding carboxylic acids is 1. The highest BCUT2D eigenvalue weighted by Crippen LogP contribution is 2.19. The number of esters is 1. The maximum Gasteiger partial charge on any atom is 0.338 e. The summed E-state index contributed by atoms with van der Waals surface area (Å²) in [6.45, 7) is 4.38. The van der Waals surface area contributed by atoms with Gasteiger partial charge in [-0.25, -0.2) is 4.79 Å². The minimum absolute atomic E-state index is 0.0121. The molecule has 0 amide bonds. The van der Waals surface area contributed by atoms with E-state index in [9.17, 15) is 9.90 Å². The molecule has 0 aliphatic carbocycles. The number of nitrogens with one attached hydrogen (secondary N) is 1. The Morgan fingerprint density at radius 3 is 2.67 bits per heavy atom. The van der Waals surface area contributed by atoms with Crippen LogP contribution in [0.4, 0.5) is 0 Å². The molecule has 4 heteroatoms. The maximum absolute atomic E-state index is 12.1. The topological polar surface area (TPSA) is 58.6 Å². The Hall–Kier alpha value is -1.91. The number of aliphatic hydroxyl groups excluding tert-OH is 1. The monoisotopic (exact) mass is 287 g/mol. The Balaban J connectivity index is 1.99. The molecule has 2 aromatic rings. The molecule has 4 nitrogen and oxygen atoms in total. The zero-order valence-corrected chi connectivity index (χ0v) is 12.4. The Labute approximate surface area is 124 Å². The van der Waals surface area contributed by atoms with Gasteiger partial charge in [-0.2, -0.15) is 0 Å². The van der Waals surface area contributed by atoms with E-state index in [4.69, 9.17) is 4.74 Å². The van der Waals surface area contributed by atoms with Crippen LogP contribution >= 0.6 is 0 Å². The molecule has 21 heavy (non-hydrogen) atoms. The fourth-order valence-corrected chi connectivity index (χ4v) is 2.08. The number of fused-ring (bicyclic) bond motifs is 1. The van der Waals surface area contributed by atoms with Gasteiger partial charge in [-0.1, -0.05) is 50.2 Å². The molecule has 0 saturated carbocycles. The molecule has 0 fully saturated rings. The van der Waals surface area contributed by atoms with E-state index in [-0.39, 0.29) is 12.6 Å². The summed E-state index contributed by atoms with van der Waals surface area (Å²) in [6, 6.07) is 13.5. The number of hydrogen-bond acceptors (Lipinski definition) is 4. The van der Waals surface area contributed by atoms with Crippen LogP contribution in [0.5, 0.6) is 0 Å². The van der Waals surface area contributed by atoms with Crippen molar-refractivity contribution in [2.24, 2.45) is 0 Å². The van der Waals surface area contributed by atoms with Crippen LogP contribution in [0.2, 0.25) is 0 Å². The van der Waals surface area contributed by atoms with Gasteiger partial charge in [0.15, 0.2) is 0 Å². The Bertz CT molecular complexity index is 605. The number of rotatable bonds is 6. The molecule has 2 aromatic carbocycles. The largest absolute Gasteiger partial charge is 0.459 e. The third-order valence-electron chi connectivity index (χ3n) is 3.18. The molecule has 0 aliphatic rings. The van der Waals surface area contributed by atoms with Gasteiger partial charge in [0.25, 0.3) is 0 Å². The van der Waals surface area contributed by atoms with Crippen molar-refractivity contribution in [2.45, 2.75) is 26.0 Å². The number of carbonyl (C=O) groups is 1. The molecule has 1 atom stereocenters. The van der Waals surface area contributed by atoms with Crippen LogP contribution in [0.25, 0.3) is 10.8 Å². The van der Waals surface area contributed by atoms with E-state index in [0.29, 0.717) is 12.1 Å². The standard InChI is InChI=1S/C17H21NO3/c1-12(2)18-10-14(19)11-21-17(20)16-9-5-7-13-6-3-4-8-15(13)16/h3-9,12,14,18-19H,10-11H2,1-2H3. The van der Waals surface area contributed by atoms with E-state index in [2.05, 4.69) is 5.32 Å². The average Bonchev–Trinajstić information content (AvgIpc) is 2.50. The first-order valence-electron chi connectivity index (χ1n) is 7.14. The van der Waals surface area contributed by atoms with E-state index in [1.165, 1.54) is 0 Å². The lowest BCUT2D eigenvalue weighted by Crippen LogP contribution is -2.35. The minimum atomic E-state index is -0.702. The lowest BCUT2D eigenvalue weighted by molar-refractivity contribution is 0.0258. The third-order valence-corrected chi connectivity index (χ3v) is 3.18. The summed E-state index contributed by atoms with van der Waals surface area (Å²) in [5, 5.41) is 14.7. The van der Waals surface area contributed by atoms with Gasteiger partial charge in [0.05, 0.1) is 5.56 Å². The minimum Gasteiger partial charge on any atom is -0.459 e. The smallest absolute Gasteiger partial charge is 0.338 e. The van der Waals surface area contributed by atoms with Crippen molar-refractivity contribution >= 4 is 16.7 Å². The number of hydrogen-bond donors (Lipinski definition) is 2. The SMILES string of the molecule is CC(C)NCC(O)COC(=O)c1cccc2ccccc12. The van der Waals surface area contributed by atoms with Crippen molar-refractivity contribution < 1.29 is 14.6 Å². The van der Waals surface area contributed by atoms with Crippen molar-refractivity contribution in [3.8, 4) is 0 Å². The highest BCUT2D eigenvalue weighted by Gasteiger charge is 2.13.